The smallest absolute Gasteiger partial charge is 0.308 e. The molecule has 3 heterocycles. The summed E-state index contributed by atoms with van der Waals surface area (Å²) in [6.07, 6.45) is 1.74. The maximum atomic E-state index is 12.5. The van der Waals surface area contributed by atoms with Crippen molar-refractivity contribution in [2.75, 3.05) is 0 Å². The Labute approximate surface area is 149 Å². The van der Waals surface area contributed by atoms with Crippen LogP contribution >= 0.6 is 22.7 Å². The second-order valence-corrected chi connectivity index (χ2v) is 7.15. The van der Waals surface area contributed by atoms with Crippen molar-refractivity contribution in [3.05, 3.63) is 62.2 Å². The highest BCUT2D eigenvalue weighted by Gasteiger charge is 2.12. The van der Waals surface area contributed by atoms with E-state index in [0.29, 0.717) is 21.1 Å². The monoisotopic (exact) mass is 369 g/mol. The van der Waals surface area contributed by atoms with Gasteiger partial charge in [0.15, 0.2) is 5.82 Å². The highest BCUT2D eigenvalue weighted by Crippen LogP contribution is 2.21. The fourth-order valence-electron chi connectivity index (χ4n) is 2.33. The summed E-state index contributed by atoms with van der Waals surface area (Å²) in [6.45, 7) is 1.34. The van der Waals surface area contributed by atoms with Crippen LogP contribution in [0.3, 0.4) is 0 Å². The molecular formula is C17H11N3O3S2. The first-order chi connectivity index (χ1) is 12.1. The van der Waals surface area contributed by atoms with Gasteiger partial charge in [-0.3, -0.25) is 9.59 Å². The summed E-state index contributed by atoms with van der Waals surface area (Å²) in [5.74, 6) is 0.608. The molecule has 3 aromatic heterocycles. The topological polar surface area (TPSA) is 73.6 Å². The molecule has 0 spiro atoms. The zero-order valence-corrected chi connectivity index (χ0v) is 14.6. The van der Waals surface area contributed by atoms with Gasteiger partial charge < -0.3 is 4.74 Å². The number of benzene rings is 1. The largest absolute Gasteiger partial charge is 0.427 e. The summed E-state index contributed by atoms with van der Waals surface area (Å²) in [5, 5.41) is 6.24. The van der Waals surface area contributed by atoms with Gasteiger partial charge in [0.05, 0.1) is 9.41 Å². The molecular weight excluding hydrogens is 358 g/mol. The fraction of sp³-hybridized carbons (Fsp3) is 0.0588. The molecule has 0 amide bonds. The number of thiophene rings is 1. The van der Waals surface area contributed by atoms with Gasteiger partial charge in [0.1, 0.15) is 5.75 Å². The highest BCUT2D eigenvalue weighted by atomic mass is 32.1. The Kier molecular flexibility index (Phi) is 3.90. The average molecular weight is 369 g/mol. The summed E-state index contributed by atoms with van der Waals surface area (Å²) in [7, 11) is 0. The molecule has 0 radical (unpaired) electrons. The molecule has 0 atom stereocenters. The molecule has 4 rings (SSSR count). The molecule has 6 nitrogen and oxygen atoms in total. The molecule has 8 heteroatoms. The Hall–Kier alpha value is -2.84. The minimum Gasteiger partial charge on any atom is -0.427 e. The second kappa shape index (κ2) is 6.23. The number of nitrogens with zero attached hydrogens (tertiary/aromatic N) is 3. The Bertz CT molecular complexity index is 1180. The van der Waals surface area contributed by atoms with Gasteiger partial charge in [-0.15, -0.1) is 16.4 Å². The van der Waals surface area contributed by atoms with E-state index in [0.717, 1.165) is 10.4 Å². The van der Waals surface area contributed by atoms with E-state index in [4.69, 9.17) is 4.74 Å². The quantitative estimate of drug-likeness (QED) is 0.409. The van der Waals surface area contributed by atoms with E-state index in [1.54, 1.807) is 24.3 Å². The van der Waals surface area contributed by atoms with E-state index in [1.807, 2.05) is 23.6 Å². The van der Waals surface area contributed by atoms with Gasteiger partial charge in [-0.2, -0.15) is 9.50 Å². The molecule has 0 unspecified atom stereocenters. The Morgan fingerprint density at radius 1 is 1.28 bits per heavy atom. The molecule has 0 aliphatic rings. The normalized spacial score (nSPS) is 12.0. The summed E-state index contributed by atoms with van der Waals surface area (Å²) < 4.78 is 6.90. The van der Waals surface area contributed by atoms with Gasteiger partial charge >= 0.3 is 5.97 Å². The van der Waals surface area contributed by atoms with Crippen LogP contribution in [0.25, 0.3) is 21.7 Å². The van der Waals surface area contributed by atoms with Gasteiger partial charge in [-0.05, 0) is 35.2 Å². The van der Waals surface area contributed by atoms with Crippen molar-refractivity contribution < 1.29 is 9.53 Å². The average Bonchev–Trinajstić information content (AvgIpc) is 3.26. The molecule has 0 saturated heterocycles. The van der Waals surface area contributed by atoms with Crippen LogP contribution in [0.2, 0.25) is 0 Å². The molecule has 0 aliphatic carbocycles. The van der Waals surface area contributed by atoms with Crippen LogP contribution in [0.15, 0.2) is 46.6 Å². The van der Waals surface area contributed by atoms with Crippen molar-refractivity contribution in [1.82, 2.24) is 14.6 Å². The van der Waals surface area contributed by atoms with E-state index >= 15 is 0 Å². The van der Waals surface area contributed by atoms with Crippen molar-refractivity contribution in [1.29, 1.82) is 0 Å². The predicted octanol–water partition coefficient (Wildman–Crippen LogP) is 2.35. The summed E-state index contributed by atoms with van der Waals surface area (Å²) in [6, 6.07) is 10.8. The number of ether oxygens (including phenoxy) is 1. The first kappa shape index (κ1) is 15.7. The van der Waals surface area contributed by atoms with E-state index in [1.165, 1.54) is 34.1 Å². The predicted molar refractivity (Wildman–Crippen MR) is 97.0 cm³/mol. The lowest BCUT2D eigenvalue weighted by Crippen LogP contribution is -2.23. The molecule has 1 aromatic carbocycles. The third-order valence-electron chi connectivity index (χ3n) is 3.34. The number of hydrogen-bond donors (Lipinski definition) is 0. The number of rotatable bonds is 3. The second-order valence-electron chi connectivity index (χ2n) is 5.19. The lowest BCUT2D eigenvalue weighted by molar-refractivity contribution is -0.131. The van der Waals surface area contributed by atoms with Crippen LogP contribution in [0.1, 0.15) is 12.5 Å². The van der Waals surface area contributed by atoms with Crippen LogP contribution in [0, 0.1) is 0 Å². The van der Waals surface area contributed by atoms with Crippen molar-refractivity contribution >= 4 is 39.7 Å². The molecule has 25 heavy (non-hydrogen) atoms. The van der Waals surface area contributed by atoms with Gasteiger partial charge in [-0.25, -0.2) is 0 Å². The van der Waals surface area contributed by atoms with E-state index in [-0.39, 0.29) is 11.5 Å². The summed E-state index contributed by atoms with van der Waals surface area (Å²) in [4.78, 5) is 29.5. The first-order valence-electron chi connectivity index (χ1n) is 7.34. The standard InChI is InChI=1S/C17H11N3O3S2/c1-10(21)23-12-5-2-4-11(8-12)9-14-16(22)20-17(25-14)18-15(19-20)13-6-3-7-24-13/h2-9H,1H3/b14-9-. The number of hydrogen-bond acceptors (Lipinski definition) is 7. The van der Waals surface area contributed by atoms with Crippen molar-refractivity contribution in [3.63, 3.8) is 0 Å². The third kappa shape index (κ3) is 3.09. The van der Waals surface area contributed by atoms with Gasteiger partial charge in [-0.1, -0.05) is 29.5 Å². The number of carbonyl (C=O) groups excluding carboxylic acids is 1. The highest BCUT2D eigenvalue weighted by molar-refractivity contribution is 7.15. The molecule has 0 aliphatic heterocycles. The minimum absolute atomic E-state index is 0.215. The molecule has 0 N–H and O–H groups in total. The van der Waals surface area contributed by atoms with Gasteiger partial charge in [0, 0.05) is 6.92 Å². The SMILES string of the molecule is CC(=O)Oc1cccc(/C=c2\sc3nc(-c4cccs4)nn3c2=O)c1. The van der Waals surface area contributed by atoms with Gasteiger partial charge in [0.25, 0.3) is 5.56 Å². The number of fused-ring (bicyclic) bond motifs is 1. The molecule has 124 valence electrons. The maximum Gasteiger partial charge on any atom is 0.308 e. The fourth-order valence-corrected chi connectivity index (χ4v) is 3.89. The number of aromatic nitrogens is 3. The Morgan fingerprint density at radius 3 is 2.88 bits per heavy atom. The summed E-state index contributed by atoms with van der Waals surface area (Å²) >= 11 is 2.80. The number of carbonyl (C=O) groups is 1. The van der Waals surface area contributed by atoms with Crippen LogP contribution in [-0.2, 0) is 4.79 Å². The van der Waals surface area contributed by atoms with Gasteiger partial charge in [0.2, 0.25) is 4.96 Å². The van der Waals surface area contributed by atoms with Crippen LogP contribution in [-0.4, -0.2) is 20.6 Å². The lowest BCUT2D eigenvalue weighted by Gasteiger charge is -2.01. The molecule has 0 fully saturated rings. The summed E-state index contributed by atoms with van der Waals surface area (Å²) in [5.41, 5.74) is 0.548. The zero-order chi connectivity index (χ0) is 17.4. The van der Waals surface area contributed by atoms with Crippen molar-refractivity contribution in [3.8, 4) is 16.5 Å². The van der Waals surface area contributed by atoms with E-state index in [2.05, 4.69) is 10.1 Å². The molecule has 0 saturated carbocycles. The Balaban J connectivity index is 1.76. The minimum atomic E-state index is -0.387. The van der Waals surface area contributed by atoms with Crippen molar-refractivity contribution in [2.45, 2.75) is 6.92 Å². The lowest BCUT2D eigenvalue weighted by atomic mass is 10.2. The molecule has 0 bridgehead atoms. The Morgan fingerprint density at radius 2 is 2.16 bits per heavy atom. The van der Waals surface area contributed by atoms with Crippen molar-refractivity contribution in [2.24, 2.45) is 0 Å². The van der Waals surface area contributed by atoms with Crippen LogP contribution in [0.4, 0.5) is 0 Å². The van der Waals surface area contributed by atoms with Crippen LogP contribution < -0.4 is 14.8 Å². The third-order valence-corrected chi connectivity index (χ3v) is 5.17. The number of esters is 1. The number of thiazole rings is 1. The zero-order valence-electron chi connectivity index (χ0n) is 13.0. The first-order valence-corrected chi connectivity index (χ1v) is 9.03. The van der Waals surface area contributed by atoms with E-state index < -0.39 is 0 Å². The maximum absolute atomic E-state index is 12.5. The van der Waals surface area contributed by atoms with Crippen LogP contribution in [0.5, 0.6) is 5.75 Å². The van der Waals surface area contributed by atoms with E-state index in [9.17, 15) is 9.59 Å². The molecule has 4 aromatic rings.